The van der Waals surface area contributed by atoms with Crippen LogP contribution in [0.4, 0.5) is 0 Å². The lowest BCUT2D eigenvalue weighted by Gasteiger charge is -2.18. The molecule has 0 aromatic rings. The van der Waals surface area contributed by atoms with Crippen molar-refractivity contribution in [2.75, 3.05) is 13.2 Å². The molecule has 0 fully saturated rings. The van der Waals surface area contributed by atoms with Crippen molar-refractivity contribution in [1.29, 1.82) is 0 Å². The van der Waals surface area contributed by atoms with Crippen molar-refractivity contribution in [3.8, 4) is 0 Å². The Morgan fingerprint density at radius 3 is 0.744 bits per heavy atom. The molecule has 0 aliphatic heterocycles. The zero-order chi connectivity index (χ0) is 59.2. The number of hydrogen-bond donors (Lipinski definition) is 0. The van der Waals surface area contributed by atoms with Crippen LogP contribution in [0.1, 0.15) is 348 Å². The number of carbonyl (C=O) groups is 3. The van der Waals surface area contributed by atoms with Gasteiger partial charge in [0.15, 0.2) is 6.10 Å². The van der Waals surface area contributed by atoms with Gasteiger partial charge in [-0.1, -0.05) is 343 Å². The first kappa shape index (κ1) is 78.3. The molecule has 1 atom stereocenters. The molecule has 6 heteroatoms. The third-order valence-electron chi connectivity index (χ3n) is 15.4. The van der Waals surface area contributed by atoms with Crippen LogP contribution in [-0.4, -0.2) is 37.2 Å². The zero-order valence-electron chi connectivity index (χ0n) is 54.2. The fraction of sp³-hybridized carbons (Fsp3) is 0.750. The Kier molecular flexibility index (Phi) is 66.7. The first-order valence-corrected chi connectivity index (χ1v) is 35.2. The van der Waals surface area contributed by atoms with Gasteiger partial charge >= 0.3 is 17.9 Å². The lowest BCUT2D eigenvalue weighted by Crippen LogP contribution is -2.30. The second kappa shape index (κ2) is 69.8. The molecule has 1 unspecified atom stereocenters. The molecule has 0 spiro atoms. The monoisotopic (exact) mass is 1140 g/mol. The molecular formula is C76H132O6. The molecule has 0 rings (SSSR count). The summed E-state index contributed by atoms with van der Waals surface area (Å²) in [6.45, 7) is 6.55. The SMILES string of the molecule is CC/C=C\C/C=C\C/C=C\C/C=C\C/C=C\C/C=C\C/C=C\C/C=C\CCCCCCCCC(=O)OCC(COC(=O)CCCCCCCCCCCCC)OC(=O)CCCCCCCCCCCCCCCCCCCCCCCC. The van der Waals surface area contributed by atoms with Crippen LogP contribution in [-0.2, 0) is 28.6 Å². The van der Waals surface area contributed by atoms with E-state index in [1.807, 2.05) is 0 Å². The van der Waals surface area contributed by atoms with E-state index in [4.69, 9.17) is 14.2 Å². The summed E-state index contributed by atoms with van der Waals surface area (Å²) in [5.41, 5.74) is 0. The molecule has 0 aliphatic carbocycles. The van der Waals surface area contributed by atoms with E-state index in [0.717, 1.165) is 122 Å². The summed E-state index contributed by atoms with van der Waals surface area (Å²) >= 11 is 0. The maximum Gasteiger partial charge on any atom is 0.306 e. The number of carbonyl (C=O) groups excluding carboxylic acids is 3. The van der Waals surface area contributed by atoms with E-state index >= 15 is 0 Å². The molecule has 0 bridgehead atoms. The summed E-state index contributed by atoms with van der Waals surface area (Å²) in [6, 6.07) is 0. The predicted molar refractivity (Wildman–Crippen MR) is 357 cm³/mol. The van der Waals surface area contributed by atoms with Crippen molar-refractivity contribution >= 4 is 17.9 Å². The molecule has 0 aromatic heterocycles. The standard InChI is InChI=1S/C76H132O6/c1-4-7-10-13-16-19-22-24-26-28-30-32-34-35-36-37-38-39-40-41-42-44-45-47-49-51-54-57-60-63-66-69-75(78)81-72-73(71-80-74(77)68-65-62-59-56-53-21-18-15-12-9-6-3)82-76(79)70-67-64-61-58-55-52-50-48-46-43-33-31-29-27-25-23-20-17-14-11-8-5-2/h7,10,16,19,24,26,30,32,35-36,38-39,41-42,45,47,73H,4-6,8-9,11-15,17-18,20-23,25,27-29,31,33-34,37,40,43-44,46,48-72H2,1-3H3/b10-7-,19-16-,26-24-,32-30-,36-35-,39-38-,42-41-,47-45-. The average molecular weight is 1140 g/mol. The van der Waals surface area contributed by atoms with Gasteiger partial charge in [-0.15, -0.1) is 0 Å². The van der Waals surface area contributed by atoms with E-state index < -0.39 is 6.10 Å². The summed E-state index contributed by atoms with van der Waals surface area (Å²) in [5.74, 6) is -0.875. The van der Waals surface area contributed by atoms with Gasteiger partial charge in [0.1, 0.15) is 13.2 Å². The summed E-state index contributed by atoms with van der Waals surface area (Å²) in [7, 11) is 0. The molecular weight excluding hydrogens is 1010 g/mol. The van der Waals surface area contributed by atoms with Crippen molar-refractivity contribution in [2.24, 2.45) is 0 Å². The lowest BCUT2D eigenvalue weighted by atomic mass is 10.0. The van der Waals surface area contributed by atoms with Gasteiger partial charge < -0.3 is 14.2 Å². The van der Waals surface area contributed by atoms with Crippen LogP contribution >= 0.6 is 0 Å². The number of ether oxygens (including phenoxy) is 3. The summed E-state index contributed by atoms with van der Waals surface area (Å²) in [5, 5.41) is 0. The summed E-state index contributed by atoms with van der Waals surface area (Å²) in [4.78, 5) is 38.4. The smallest absolute Gasteiger partial charge is 0.306 e. The molecule has 0 radical (unpaired) electrons. The summed E-state index contributed by atoms with van der Waals surface area (Å²) in [6.07, 6.45) is 94.3. The van der Waals surface area contributed by atoms with Crippen molar-refractivity contribution < 1.29 is 28.6 Å². The molecule has 0 heterocycles. The predicted octanol–water partition coefficient (Wildman–Crippen LogP) is 24.4. The fourth-order valence-corrected chi connectivity index (χ4v) is 10.1. The Morgan fingerprint density at radius 1 is 0.256 bits per heavy atom. The highest BCUT2D eigenvalue weighted by Gasteiger charge is 2.19. The highest BCUT2D eigenvalue weighted by atomic mass is 16.6. The maximum absolute atomic E-state index is 12.9. The van der Waals surface area contributed by atoms with Crippen LogP contribution in [0.3, 0.4) is 0 Å². The Morgan fingerprint density at radius 2 is 0.476 bits per heavy atom. The molecule has 0 aromatic carbocycles. The Hall–Kier alpha value is -3.67. The number of unbranched alkanes of at least 4 members (excludes halogenated alkanes) is 37. The van der Waals surface area contributed by atoms with Gasteiger partial charge in [0.05, 0.1) is 0 Å². The highest BCUT2D eigenvalue weighted by Crippen LogP contribution is 2.18. The first-order chi connectivity index (χ1) is 40.5. The molecule has 0 amide bonds. The number of rotatable bonds is 64. The minimum atomic E-state index is -0.782. The van der Waals surface area contributed by atoms with Crippen LogP contribution in [0.25, 0.3) is 0 Å². The van der Waals surface area contributed by atoms with Gasteiger partial charge in [-0.05, 0) is 83.5 Å². The lowest BCUT2D eigenvalue weighted by molar-refractivity contribution is -0.167. The zero-order valence-corrected chi connectivity index (χ0v) is 54.2. The quantitative estimate of drug-likeness (QED) is 0.0261. The number of allylic oxidation sites excluding steroid dienone is 16. The van der Waals surface area contributed by atoms with Crippen molar-refractivity contribution in [1.82, 2.24) is 0 Å². The van der Waals surface area contributed by atoms with Gasteiger partial charge in [-0.25, -0.2) is 0 Å². The Balaban J connectivity index is 4.26. The van der Waals surface area contributed by atoms with E-state index in [2.05, 4.69) is 118 Å². The average Bonchev–Trinajstić information content (AvgIpc) is 3.47. The van der Waals surface area contributed by atoms with E-state index in [1.165, 1.54) is 186 Å². The Labute approximate surface area is 508 Å². The molecule has 82 heavy (non-hydrogen) atoms. The fourth-order valence-electron chi connectivity index (χ4n) is 10.1. The topological polar surface area (TPSA) is 78.9 Å². The van der Waals surface area contributed by atoms with Crippen LogP contribution in [0.2, 0.25) is 0 Å². The van der Waals surface area contributed by atoms with Crippen LogP contribution in [0, 0.1) is 0 Å². The van der Waals surface area contributed by atoms with Crippen LogP contribution in [0.15, 0.2) is 97.2 Å². The summed E-state index contributed by atoms with van der Waals surface area (Å²) < 4.78 is 17.0. The van der Waals surface area contributed by atoms with Crippen molar-refractivity contribution in [3.05, 3.63) is 97.2 Å². The first-order valence-electron chi connectivity index (χ1n) is 35.2. The largest absolute Gasteiger partial charge is 0.462 e. The van der Waals surface area contributed by atoms with Crippen LogP contribution < -0.4 is 0 Å². The van der Waals surface area contributed by atoms with Crippen molar-refractivity contribution in [3.63, 3.8) is 0 Å². The van der Waals surface area contributed by atoms with Gasteiger partial charge in [-0.2, -0.15) is 0 Å². The molecule has 6 nitrogen and oxygen atoms in total. The molecule has 0 aliphatic rings. The Bertz CT molecular complexity index is 1590. The van der Waals surface area contributed by atoms with Crippen molar-refractivity contribution in [2.45, 2.75) is 354 Å². The number of hydrogen-bond acceptors (Lipinski definition) is 6. The third-order valence-corrected chi connectivity index (χ3v) is 15.4. The molecule has 0 saturated carbocycles. The van der Waals surface area contributed by atoms with Gasteiger partial charge in [-0.3, -0.25) is 14.4 Å². The van der Waals surface area contributed by atoms with E-state index in [1.54, 1.807) is 0 Å². The number of esters is 3. The molecule has 0 saturated heterocycles. The molecule has 0 N–H and O–H groups in total. The second-order valence-electron chi connectivity index (χ2n) is 23.4. The second-order valence-corrected chi connectivity index (χ2v) is 23.4. The van der Waals surface area contributed by atoms with Gasteiger partial charge in [0.25, 0.3) is 0 Å². The van der Waals surface area contributed by atoms with Crippen LogP contribution in [0.5, 0.6) is 0 Å². The van der Waals surface area contributed by atoms with E-state index in [-0.39, 0.29) is 31.1 Å². The highest BCUT2D eigenvalue weighted by molar-refractivity contribution is 5.71. The van der Waals surface area contributed by atoms with E-state index in [0.29, 0.717) is 19.3 Å². The normalized spacial score (nSPS) is 12.7. The maximum atomic E-state index is 12.9. The van der Waals surface area contributed by atoms with Gasteiger partial charge in [0, 0.05) is 19.3 Å². The third kappa shape index (κ3) is 67.1. The molecule has 472 valence electrons. The minimum absolute atomic E-state index is 0.0772. The van der Waals surface area contributed by atoms with E-state index in [9.17, 15) is 14.4 Å². The van der Waals surface area contributed by atoms with Gasteiger partial charge in [0.2, 0.25) is 0 Å². The minimum Gasteiger partial charge on any atom is -0.462 e.